The minimum absolute atomic E-state index is 0.0887. The first-order valence-corrected chi connectivity index (χ1v) is 4.40. The molecule has 16 heavy (non-hydrogen) atoms. The van der Waals surface area contributed by atoms with Crippen LogP contribution in [0.2, 0.25) is 0 Å². The van der Waals surface area contributed by atoms with Gasteiger partial charge in [-0.05, 0) is 6.07 Å². The van der Waals surface area contributed by atoms with E-state index in [4.69, 9.17) is 5.11 Å². The quantitative estimate of drug-likeness (QED) is 0.386. The Morgan fingerprint density at radius 2 is 2.25 bits per heavy atom. The minimum atomic E-state index is -1.10. The lowest BCUT2D eigenvalue weighted by molar-refractivity contribution is -0.385. The molecule has 0 bridgehead atoms. The van der Waals surface area contributed by atoms with Gasteiger partial charge in [0.1, 0.15) is 12.0 Å². The second kappa shape index (κ2) is 5.49. The van der Waals surface area contributed by atoms with Gasteiger partial charge >= 0.3 is 6.09 Å². The summed E-state index contributed by atoms with van der Waals surface area (Å²) in [7, 11) is 0. The fourth-order valence-corrected chi connectivity index (χ4v) is 0.959. The summed E-state index contributed by atoms with van der Waals surface area (Å²) in [6, 6.07) is 2.78. The highest BCUT2D eigenvalue weighted by molar-refractivity contribution is 5.64. The average Bonchev–Trinajstić information content (AvgIpc) is 2.25. The highest BCUT2D eigenvalue weighted by Crippen LogP contribution is 2.11. The number of aromatic nitrogens is 1. The standard InChI is InChI=1S/C8H10N4O4/c13-8(14)10-4-3-9-7-2-1-6(5-11-7)12(15)16/h1-2,5,10H,3-4H2,(H,9,11)(H,13,14). The number of nitrogens with one attached hydrogen (secondary N) is 2. The Morgan fingerprint density at radius 1 is 1.50 bits per heavy atom. The van der Waals surface area contributed by atoms with Crippen LogP contribution in [0.15, 0.2) is 18.3 Å². The number of nitrogens with zero attached hydrogens (tertiary/aromatic N) is 2. The zero-order valence-electron chi connectivity index (χ0n) is 8.21. The average molecular weight is 226 g/mol. The fraction of sp³-hybridized carbons (Fsp3) is 0.250. The lowest BCUT2D eigenvalue weighted by atomic mass is 10.4. The van der Waals surface area contributed by atoms with E-state index in [0.717, 1.165) is 6.20 Å². The summed E-state index contributed by atoms with van der Waals surface area (Å²) in [5.41, 5.74) is -0.0887. The number of hydrogen-bond donors (Lipinski definition) is 3. The van der Waals surface area contributed by atoms with Crippen LogP contribution in [-0.2, 0) is 0 Å². The summed E-state index contributed by atoms with van der Waals surface area (Å²) < 4.78 is 0. The van der Waals surface area contributed by atoms with Crippen molar-refractivity contribution >= 4 is 17.6 Å². The van der Waals surface area contributed by atoms with Gasteiger partial charge in [-0.25, -0.2) is 9.78 Å². The van der Waals surface area contributed by atoms with Gasteiger partial charge in [0.15, 0.2) is 0 Å². The van der Waals surface area contributed by atoms with Gasteiger partial charge in [-0.15, -0.1) is 0 Å². The van der Waals surface area contributed by atoms with Crippen molar-refractivity contribution in [1.82, 2.24) is 10.3 Å². The van der Waals surface area contributed by atoms with Crippen LogP contribution in [0, 0.1) is 10.1 Å². The number of pyridine rings is 1. The Kier molecular flexibility index (Phi) is 4.01. The molecule has 0 spiro atoms. The highest BCUT2D eigenvalue weighted by atomic mass is 16.6. The Morgan fingerprint density at radius 3 is 2.75 bits per heavy atom. The van der Waals surface area contributed by atoms with Gasteiger partial charge in [0.25, 0.3) is 5.69 Å². The molecule has 86 valence electrons. The van der Waals surface area contributed by atoms with E-state index >= 15 is 0 Å². The minimum Gasteiger partial charge on any atom is -0.465 e. The first-order chi connectivity index (χ1) is 7.59. The molecular formula is C8H10N4O4. The van der Waals surface area contributed by atoms with Crippen LogP contribution in [0.4, 0.5) is 16.3 Å². The van der Waals surface area contributed by atoms with E-state index in [1.807, 2.05) is 0 Å². The van der Waals surface area contributed by atoms with Gasteiger partial charge < -0.3 is 15.7 Å². The Balaban J connectivity index is 2.38. The normalized spacial score (nSPS) is 9.50. The molecule has 0 aliphatic carbocycles. The molecule has 8 heteroatoms. The van der Waals surface area contributed by atoms with Crippen molar-refractivity contribution in [1.29, 1.82) is 0 Å². The van der Waals surface area contributed by atoms with Crippen LogP contribution in [0.3, 0.4) is 0 Å². The molecule has 0 unspecified atom stereocenters. The van der Waals surface area contributed by atoms with Crippen LogP contribution in [-0.4, -0.2) is 34.2 Å². The topological polar surface area (TPSA) is 117 Å². The third-order valence-electron chi connectivity index (χ3n) is 1.67. The van der Waals surface area contributed by atoms with Crippen molar-refractivity contribution in [2.24, 2.45) is 0 Å². The van der Waals surface area contributed by atoms with Crippen LogP contribution in [0.5, 0.6) is 0 Å². The number of carbonyl (C=O) groups is 1. The fourth-order valence-electron chi connectivity index (χ4n) is 0.959. The summed E-state index contributed by atoms with van der Waals surface area (Å²) in [6.45, 7) is 0.588. The van der Waals surface area contributed by atoms with E-state index in [-0.39, 0.29) is 12.2 Å². The zero-order valence-corrected chi connectivity index (χ0v) is 8.21. The maximum Gasteiger partial charge on any atom is 0.404 e. The van der Waals surface area contributed by atoms with E-state index in [9.17, 15) is 14.9 Å². The number of carboxylic acid groups (broad SMARTS) is 1. The lowest BCUT2D eigenvalue weighted by Gasteiger charge is -2.04. The summed E-state index contributed by atoms with van der Waals surface area (Å²) in [4.78, 5) is 23.7. The van der Waals surface area contributed by atoms with Crippen molar-refractivity contribution in [3.05, 3.63) is 28.4 Å². The molecule has 0 aliphatic heterocycles. The molecule has 0 aromatic carbocycles. The van der Waals surface area contributed by atoms with Gasteiger partial charge in [0, 0.05) is 19.2 Å². The van der Waals surface area contributed by atoms with Gasteiger partial charge in [-0.2, -0.15) is 0 Å². The summed E-state index contributed by atoms with van der Waals surface area (Å²) in [6.07, 6.45) is 0.0333. The molecule has 0 fully saturated rings. The molecule has 1 aromatic heterocycles. The predicted octanol–water partition coefficient (Wildman–Crippen LogP) is 0.669. The number of hydrogen-bond acceptors (Lipinski definition) is 5. The Hall–Kier alpha value is -2.38. The molecule has 3 N–H and O–H groups in total. The SMILES string of the molecule is O=C(O)NCCNc1ccc([N+](=O)[O-])cn1. The maximum atomic E-state index is 10.3. The summed E-state index contributed by atoms with van der Waals surface area (Å²) >= 11 is 0. The van der Waals surface area contributed by atoms with Gasteiger partial charge in [0.2, 0.25) is 0 Å². The third-order valence-corrected chi connectivity index (χ3v) is 1.67. The number of anilines is 1. The summed E-state index contributed by atoms with van der Waals surface area (Å²) in [5.74, 6) is 0.456. The third kappa shape index (κ3) is 3.78. The van der Waals surface area contributed by atoms with Crippen LogP contribution >= 0.6 is 0 Å². The molecule has 0 atom stereocenters. The van der Waals surface area contributed by atoms with Crippen molar-refractivity contribution < 1.29 is 14.8 Å². The van der Waals surface area contributed by atoms with Crippen molar-refractivity contribution in [3.63, 3.8) is 0 Å². The number of nitro groups is 1. The summed E-state index contributed by atoms with van der Waals surface area (Å²) in [5, 5.41) is 23.6. The van der Waals surface area contributed by atoms with E-state index in [2.05, 4.69) is 15.6 Å². The molecule has 0 saturated carbocycles. The zero-order chi connectivity index (χ0) is 12.0. The first kappa shape index (κ1) is 11.7. The Bertz CT molecular complexity index is 378. The smallest absolute Gasteiger partial charge is 0.404 e. The molecule has 0 saturated heterocycles. The van der Waals surface area contributed by atoms with Gasteiger partial charge in [0.05, 0.1) is 4.92 Å². The molecule has 1 rings (SSSR count). The maximum absolute atomic E-state index is 10.3. The predicted molar refractivity (Wildman–Crippen MR) is 55.4 cm³/mol. The van der Waals surface area contributed by atoms with Gasteiger partial charge in [-0.3, -0.25) is 10.1 Å². The monoisotopic (exact) mass is 226 g/mol. The van der Waals surface area contributed by atoms with Crippen molar-refractivity contribution in [2.75, 3.05) is 18.4 Å². The van der Waals surface area contributed by atoms with E-state index in [1.165, 1.54) is 12.1 Å². The molecular weight excluding hydrogens is 216 g/mol. The number of rotatable bonds is 5. The molecule has 0 aliphatic rings. The van der Waals surface area contributed by atoms with E-state index in [1.54, 1.807) is 0 Å². The molecule has 8 nitrogen and oxygen atoms in total. The van der Waals surface area contributed by atoms with Gasteiger partial charge in [-0.1, -0.05) is 0 Å². The molecule has 0 radical (unpaired) electrons. The van der Waals surface area contributed by atoms with Crippen LogP contribution < -0.4 is 10.6 Å². The van der Waals surface area contributed by atoms with Crippen LogP contribution in [0.1, 0.15) is 0 Å². The Labute approximate surface area is 90.5 Å². The molecule has 1 amide bonds. The molecule has 1 aromatic rings. The number of amides is 1. The van der Waals surface area contributed by atoms with Crippen LogP contribution in [0.25, 0.3) is 0 Å². The lowest BCUT2D eigenvalue weighted by Crippen LogP contribution is -2.27. The second-order valence-corrected chi connectivity index (χ2v) is 2.82. The first-order valence-electron chi connectivity index (χ1n) is 4.40. The van der Waals surface area contributed by atoms with E-state index in [0.29, 0.717) is 12.4 Å². The second-order valence-electron chi connectivity index (χ2n) is 2.82. The molecule has 1 heterocycles. The largest absolute Gasteiger partial charge is 0.465 e. The van der Waals surface area contributed by atoms with E-state index < -0.39 is 11.0 Å². The van der Waals surface area contributed by atoms with Crippen molar-refractivity contribution in [2.45, 2.75) is 0 Å². The highest BCUT2D eigenvalue weighted by Gasteiger charge is 2.04. The van der Waals surface area contributed by atoms with Crippen molar-refractivity contribution in [3.8, 4) is 0 Å².